The molecular formula is C12H11N3O5. The third-order valence-corrected chi connectivity index (χ3v) is 2.39. The number of nitro groups is 1. The lowest BCUT2D eigenvalue weighted by Gasteiger charge is -2.07. The normalized spacial score (nSPS) is 9.90. The Labute approximate surface area is 114 Å². The number of hydrogen-bond donors (Lipinski definition) is 0. The predicted molar refractivity (Wildman–Crippen MR) is 68.3 cm³/mol. The number of aromatic nitrogens is 2. The topological polar surface area (TPSA) is 96.6 Å². The molecule has 0 aliphatic carbocycles. The van der Waals surface area contributed by atoms with Crippen molar-refractivity contribution in [3.63, 3.8) is 0 Å². The van der Waals surface area contributed by atoms with E-state index >= 15 is 0 Å². The first-order valence-electron chi connectivity index (χ1n) is 5.51. The largest absolute Gasteiger partial charge is 0.497 e. The summed E-state index contributed by atoms with van der Waals surface area (Å²) in [6.45, 7) is 0. The highest BCUT2D eigenvalue weighted by atomic mass is 16.6. The first kappa shape index (κ1) is 13.5. The summed E-state index contributed by atoms with van der Waals surface area (Å²) in [5, 5.41) is 11.1. The maximum atomic E-state index is 11.1. The first-order valence-corrected chi connectivity index (χ1v) is 5.51. The van der Waals surface area contributed by atoms with Crippen molar-refractivity contribution in [1.29, 1.82) is 0 Å². The van der Waals surface area contributed by atoms with E-state index in [0.717, 1.165) is 6.33 Å². The number of hydrogen-bond acceptors (Lipinski definition) is 7. The fourth-order valence-electron chi connectivity index (χ4n) is 1.50. The molecule has 8 nitrogen and oxygen atoms in total. The van der Waals surface area contributed by atoms with Gasteiger partial charge in [-0.05, 0) is 12.1 Å². The minimum Gasteiger partial charge on any atom is -0.497 e. The molecule has 0 fully saturated rings. The summed E-state index contributed by atoms with van der Waals surface area (Å²) in [4.78, 5) is 17.8. The second-order valence-electron chi connectivity index (χ2n) is 3.57. The number of rotatable bonds is 5. The minimum atomic E-state index is -0.658. The van der Waals surface area contributed by atoms with Crippen LogP contribution in [-0.4, -0.2) is 29.1 Å². The molecule has 20 heavy (non-hydrogen) atoms. The lowest BCUT2D eigenvalue weighted by atomic mass is 10.3. The van der Waals surface area contributed by atoms with Crippen LogP contribution in [0.15, 0.2) is 30.6 Å². The van der Waals surface area contributed by atoms with Crippen LogP contribution in [0.1, 0.15) is 0 Å². The fourth-order valence-corrected chi connectivity index (χ4v) is 1.50. The summed E-state index contributed by atoms with van der Waals surface area (Å²) in [6.07, 6.45) is 1.13. The van der Waals surface area contributed by atoms with Crippen molar-refractivity contribution in [2.75, 3.05) is 14.2 Å². The Morgan fingerprint density at radius 1 is 1.10 bits per heavy atom. The van der Waals surface area contributed by atoms with Gasteiger partial charge in [0.2, 0.25) is 0 Å². The molecular weight excluding hydrogens is 266 g/mol. The zero-order chi connectivity index (χ0) is 14.5. The van der Waals surface area contributed by atoms with E-state index in [9.17, 15) is 10.1 Å². The molecule has 8 heteroatoms. The molecule has 1 aromatic heterocycles. The van der Waals surface area contributed by atoms with Gasteiger partial charge in [0, 0.05) is 6.07 Å². The Bertz CT molecular complexity index is 632. The van der Waals surface area contributed by atoms with E-state index in [1.807, 2.05) is 0 Å². The van der Waals surface area contributed by atoms with Gasteiger partial charge in [0.1, 0.15) is 17.8 Å². The van der Waals surface area contributed by atoms with Gasteiger partial charge < -0.3 is 14.2 Å². The molecule has 2 rings (SSSR count). The van der Waals surface area contributed by atoms with Crippen molar-refractivity contribution >= 4 is 5.69 Å². The van der Waals surface area contributed by atoms with Gasteiger partial charge in [0.25, 0.3) is 0 Å². The lowest BCUT2D eigenvalue weighted by Crippen LogP contribution is -2.01. The van der Waals surface area contributed by atoms with Gasteiger partial charge in [-0.3, -0.25) is 10.1 Å². The van der Waals surface area contributed by atoms with Crippen molar-refractivity contribution in [2.24, 2.45) is 0 Å². The average molecular weight is 277 g/mol. The van der Waals surface area contributed by atoms with Crippen molar-refractivity contribution in [3.8, 4) is 23.3 Å². The smallest absolute Gasteiger partial charge is 0.392 e. The monoisotopic (exact) mass is 277 g/mol. The summed E-state index contributed by atoms with van der Waals surface area (Å²) in [7, 11) is 2.79. The number of benzene rings is 1. The summed E-state index contributed by atoms with van der Waals surface area (Å²) >= 11 is 0. The van der Waals surface area contributed by atoms with E-state index in [4.69, 9.17) is 14.2 Å². The standard InChI is InChI=1S/C12H11N3O5/c1-18-8-4-3-5-9(6-8)20-12-10(15(16)17)11(19-2)13-7-14-12/h3-7H,1-2H3. The Hall–Kier alpha value is -2.90. The molecule has 0 saturated carbocycles. The van der Waals surface area contributed by atoms with E-state index < -0.39 is 10.6 Å². The molecule has 0 N–H and O–H groups in total. The van der Waals surface area contributed by atoms with Gasteiger partial charge in [-0.15, -0.1) is 0 Å². The third kappa shape index (κ3) is 2.74. The van der Waals surface area contributed by atoms with E-state index in [2.05, 4.69) is 9.97 Å². The Morgan fingerprint density at radius 2 is 1.80 bits per heavy atom. The van der Waals surface area contributed by atoms with Crippen molar-refractivity contribution in [1.82, 2.24) is 9.97 Å². The second kappa shape index (κ2) is 5.83. The molecule has 0 bridgehead atoms. The second-order valence-corrected chi connectivity index (χ2v) is 3.57. The average Bonchev–Trinajstić information content (AvgIpc) is 2.46. The van der Waals surface area contributed by atoms with Crippen LogP contribution in [0.25, 0.3) is 0 Å². The van der Waals surface area contributed by atoms with Gasteiger partial charge in [-0.25, -0.2) is 0 Å². The molecule has 0 unspecified atom stereocenters. The molecule has 0 amide bonds. The molecule has 104 valence electrons. The molecule has 0 atom stereocenters. The molecule has 0 aliphatic heterocycles. The van der Waals surface area contributed by atoms with E-state index in [0.29, 0.717) is 11.5 Å². The highest BCUT2D eigenvalue weighted by Crippen LogP contribution is 2.35. The van der Waals surface area contributed by atoms with Crippen LogP contribution < -0.4 is 14.2 Å². The molecule has 0 radical (unpaired) electrons. The van der Waals surface area contributed by atoms with Crippen molar-refractivity contribution in [2.45, 2.75) is 0 Å². The van der Waals surface area contributed by atoms with Crippen LogP contribution in [0.3, 0.4) is 0 Å². The maximum Gasteiger partial charge on any atom is 0.392 e. The van der Waals surface area contributed by atoms with Gasteiger partial charge in [0.15, 0.2) is 0 Å². The van der Waals surface area contributed by atoms with Gasteiger partial charge in [-0.2, -0.15) is 9.97 Å². The summed E-state index contributed by atoms with van der Waals surface area (Å²) < 4.78 is 15.3. The molecule has 1 heterocycles. The number of methoxy groups -OCH3 is 2. The number of ether oxygens (including phenoxy) is 3. The summed E-state index contributed by atoms with van der Waals surface area (Å²) in [5.41, 5.74) is -0.433. The van der Waals surface area contributed by atoms with E-state index in [1.54, 1.807) is 24.3 Å². The highest BCUT2D eigenvalue weighted by Gasteiger charge is 2.25. The van der Waals surface area contributed by atoms with Gasteiger partial charge in [-0.1, -0.05) is 6.07 Å². The predicted octanol–water partition coefficient (Wildman–Crippen LogP) is 2.19. The molecule has 2 aromatic rings. The highest BCUT2D eigenvalue weighted by molar-refractivity contribution is 5.51. The van der Waals surface area contributed by atoms with Gasteiger partial charge >= 0.3 is 17.4 Å². The van der Waals surface area contributed by atoms with Crippen LogP contribution in [0.5, 0.6) is 23.3 Å². The van der Waals surface area contributed by atoms with Crippen molar-refractivity contribution in [3.05, 3.63) is 40.7 Å². The van der Waals surface area contributed by atoms with Crippen LogP contribution in [0.2, 0.25) is 0 Å². The molecule has 0 saturated heterocycles. The lowest BCUT2D eigenvalue weighted by molar-refractivity contribution is -0.387. The molecule has 0 aliphatic rings. The molecule has 0 spiro atoms. The third-order valence-electron chi connectivity index (χ3n) is 2.39. The van der Waals surface area contributed by atoms with Gasteiger partial charge in [0.05, 0.1) is 19.1 Å². The van der Waals surface area contributed by atoms with Crippen LogP contribution in [0, 0.1) is 10.1 Å². The Kier molecular flexibility index (Phi) is 3.94. The summed E-state index contributed by atoms with van der Waals surface area (Å²) in [5.74, 6) is 0.553. The van der Waals surface area contributed by atoms with E-state index in [-0.39, 0.29) is 11.8 Å². The zero-order valence-electron chi connectivity index (χ0n) is 10.8. The minimum absolute atomic E-state index is 0.164. The first-order chi connectivity index (χ1) is 9.65. The van der Waals surface area contributed by atoms with Crippen LogP contribution in [-0.2, 0) is 0 Å². The van der Waals surface area contributed by atoms with E-state index in [1.165, 1.54) is 14.2 Å². The molecule has 1 aromatic carbocycles. The van der Waals surface area contributed by atoms with Crippen LogP contribution in [0.4, 0.5) is 5.69 Å². The SMILES string of the molecule is COc1cccc(Oc2ncnc(OC)c2[N+](=O)[O-])c1. The maximum absolute atomic E-state index is 11.1. The Morgan fingerprint density at radius 3 is 2.45 bits per heavy atom. The quantitative estimate of drug-likeness (QED) is 0.610. The number of nitrogens with zero attached hydrogens (tertiary/aromatic N) is 3. The zero-order valence-corrected chi connectivity index (χ0v) is 10.8. The fraction of sp³-hybridized carbons (Fsp3) is 0.167. The summed E-state index contributed by atoms with van der Waals surface area (Å²) in [6, 6.07) is 6.62. The van der Waals surface area contributed by atoms with Crippen molar-refractivity contribution < 1.29 is 19.1 Å². The Balaban J connectivity index is 2.40. The van der Waals surface area contributed by atoms with Crippen LogP contribution >= 0.6 is 0 Å².